The molecule has 0 fully saturated rings. The van der Waals surface area contributed by atoms with Crippen molar-refractivity contribution >= 4 is 27.5 Å². The Labute approximate surface area is 138 Å². The predicted octanol–water partition coefficient (Wildman–Crippen LogP) is 4.54. The van der Waals surface area contributed by atoms with Gasteiger partial charge in [-0.2, -0.15) is 0 Å². The molecule has 0 heterocycles. The molecule has 112 valence electrons. The molecule has 0 unspecified atom stereocenters. The number of methoxy groups -OCH3 is 1. The first-order valence-corrected chi connectivity index (χ1v) is 8.07. The Morgan fingerprint density at radius 1 is 1.10 bits per heavy atom. The van der Waals surface area contributed by atoms with Crippen molar-refractivity contribution in [3.05, 3.63) is 52.5 Å². The summed E-state index contributed by atoms with van der Waals surface area (Å²) in [7, 11) is 1.63. The van der Waals surface area contributed by atoms with E-state index in [2.05, 4.69) is 15.9 Å². The molecule has 0 saturated heterocycles. The van der Waals surface area contributed by atoms with Crippen molar-refractivity contribution in [2.75, 3.05) is 12.4 Å². The van der Waals surface area contributed by atoms with E-state index in [0.29, 0.717) is 17.3 Å². The molecule has 2 N–H and O–H groups in total. The average molecular weight is 371 g/mol. The topological polar surface area (TPSA) is 44.5 Å². The van der Waals surface area contributed by atoms with Crippen LogP contribution in [0.15, 0.2) is 36.4 Å². The van der Waals surface area contributed by atoms with E-state index in [4.69, 9.17) is 26.8 Å². The quantitative estimate of drug-likeness (QED) is 0.759. The number of alkyl halides is 1. The van der Waals surface area contributed by atoms with Gasteiger partial charge >= 0.3 is 0 Å². The highest BCUT2D eigenvalue weighted by Gasteiger charge is 2.10. The van der Waals surface area contributed by atoms with E-state index in [1.165, 1.54) is 0 Å². The van der Waals surface area contributed by atoms with E-state index in [0.717, 1.165) is 34.4 Å². The van der Waals surface area contributed by atoms with Crippen LogP contribution in [0.1, 0.15) is 11.1 Å². The largest absolute Gasteiger partial charge is 0.497 e. The van der Waals surface area contributed by atoms with Crippen molar-refractivity contribution < 1.29 is 9.47 Å². The van der Waals surface area contributed by atoms with E-state index in [1.54, 1.807) is 7.11 Å². The van der Waals surface area contributed by atoms with E-state index < -0.39 is 0 Å². The van der Waals surface area contributed by atoms with Crippen LogP contribution in [0.2, 0.25) is 5.02 Å². The van der Waals surface area contributed by atoms with E-state index >= 15 is 0 Å². The minimum absolute atomic E-state index is 0.432. The van der Waals surface area contributed by atoms with Gasteiger partial charge in [0.1, 0.15) is 17.2 Å². The summed E-state index contributed by atoms with van der Waals surface area (Å²) in [6.07, 6.45) is 0.841. The van der Waals surface area contributed by atoms with Crippen LogP contribution >= 0.6 is 27.5 Å². The molecule has 0 atom stereocenters. The third-order valence-corrected chi connectivity index (χ3v) is 3.85. The summed E-state index contributed by atoms with van der Waals surface area (Å²) < 4.78 is 10.9. The lowest BCUT2D eigenvalue weighted by atomic mass is 10.0. The van der Waals surface area contributed by atoms with Gasteiger partial charge in [-0.1, -0.05) is 27.5 Å². The molecule has 2 aromatic rings. The maximum Gasteiger partial charge on any atom is 0.129 e. The van der Waals surface area contributed by atoms with Gasteiger partial charge in [0.25, 0.3) is 0 Å². The van der Waals surface area contributed by atoms with Crippen LogP contribution in [-0.2, 0) is 13.0 Å². The second kappa shape index (κ2) is 7.69. The van der Waals surface area contributed by atoms with Crippen LogP contribution in [0.3, 0.4) is 0 Å². The maximum atomic E-state index is 6.33. The standard InChI is InChI=1S/C16H17BrClNO2/c1-20-12-2-4-13(5-3-12)21-14-8-11(10-19)15(6-7-17)16(18)9-14/h2-5,8-9H,6-7,10,19H2,1H3. The molecule has 3 nitrogen and oxygen atoms in total. The fourth-order valence-corrected chi connectivity index (χ4v) is 2.78. The lowest BCUT2D eigenvalue weighted by Gasteiger charge is -2.13. The average Bonchev–Trinajstić information content (AvgIpc) is 2.50. The first-order valence-electron chi connectivity index (χ1n) is 6.57. The summed E-state index contributed by atoms with van der Waals surface area (Å²) in [5, 5.41) is 1.53. The van der Waals surface area contributed by atoms with Gasteiger partial charge in [-0.3, -0.25) is 0 Å². The molecule has 2 rings (SSSR count). The molecule has 0 spiro atoms. The summed E-state index contributed by atoms with van der Waals surface area (Å²) in [4.78, 5) is 0. The van der Waals surface area contributed by atoms with Gasteiger partial charge in [0.15, 0.2) is 0 Å². The van der Waals surface area contributed by atoms with Crippen LogP contribution in [0.25, 0.3) is 0 Å². The molecule has 0 amide bonds. The molecular formula is C16H17BrClNO2. The molecule has 0 radical (unpaired) electrons. The monoisotopic (exact) mass is 369 g/mol. The summed E-state index contributed by atoms with van der Waals surface area (Å²) in [6, 6.07) is 11.2. The third kappa shape index (κ3) is 4.13. The highest BCUT2D eigenvalue weighted by atomic mass is 79.9. The molecule has 0 aromatic heterocycles. The van der Waals surface area contributed by atoms with Gasteiger partial charge in [0.2, 0.25) is 0 Å². The summed E-state index contributed by atoms with van der Waals surface area (Å²) in [5.74, 6) is 2.20. The van der Waals surface area contributed by atoms with Crippen molar-refractivity contribution in [2.45, 2.75) is 13.0 Å². The Morgan fingerprint density at radius 2 is 1.76 bits per heavy atom. The lowest BCUT2D eigenvalue weighted by Crippen LogP contribution is -2.03. The van der Waals surface area contributed by atoms with Crippen LogP contribution in [-0.4, -0.2) is 12.4 Å². The van der Waals surface area contributed by atoms with Gasteiger partial charge in [-0.15, -0.1) is 0 Å². The first-order chi connectivity index (χ1) is 10.2. The molecule has 0 saturated carbocycles. The summed E-state index contributed by atoms with van der Waals surface area (Å²) in [5.41, 5.74) is 7.88. The van der Waals surface area contributed by atoms with E-state index in [-0.39, 0.29) is 0 Å². The van der Waals surface area contributed by atoms with Crippen molar-refractivity contribution in [1.82, 2.24) is 0 Å². The number of benzene rings is 2. The predicted molar refractivity (Wildman–Crippen MR) is 89.9 cm³/mol. The zero-order valence-corrected chi connectivity index (χ0v) is 14.1. The molecule has 2 aromatic carbocycles. The fraction of sp³-hybridized carbons (Fsp3) is 0.250. The zero-order chi connectivity index (χ0) is 15.2. The van der Waals surface area contributed by atoms with Crippen LogP contribution in [0.5, 0.6) is 17.2 Å². The number of halogens is 2. The Bertz CT molecular complexity index is 602. The van der Waals surface area contributed by atoms with Crippen LogP contribution < -0.4 is 15.2 Å². The van der Waals surface area contributed by atoms with Gasteiger partial charge < -0.3 is 15.2 Å². The van der Waals surface area contributed by atoms with Crippen molar-refractivity contribution in [3.8, 4) is 17.2 Å². The fourth-order valence-electron chi connectivity index (χ4n) is 2.06. The number of ether oxygens (including phenoxy) is 2. The van der Waals surface area contributed by atoms with Gasteiger partial charge in [-0.05, 0) is 53.9 Å². The van der Waals surface area contributed by atoms with Gasteiger partial charge in [0.05, 0.1) is 7.11 Å². The van der Waals surface area contributed by atoms with Crippen molar-refractivity contribution in [1.29, 1.82) is 0 Å². The molecule has 0 aliphatic heterocycles. The maximum absolute atomic E-state index is 6.33. The highest BCUT2D eigenvalue weighted by molar-refractivity contribution is 9.09. The Hall–Kier alpha value is -1.23. The van der Waals surface area contributed by atoms with Gasteiger partial charge in [-0.25, -0.2) is 0 Å². The summed E-state index contributed by atoms with van der Waals surface area (Å²) in [6.45, 7) is 0.432. The van der Waals surface area contributed by atoms with E-state index in [1.807, 2.05) is 36.4 Å². The second-order valence-corrected chi connectivity index (χ2v) is 5.66. The molecule has 0 aliphatic rings. The Kier molecular flexibility index (Phi) is 5.91. The minimum atomic E-state index is 0.432. The molecule has 5 heteroatoms. The van der Waals surface area contributed by atoms with Crippen molar-refractivity contribution in [2.24, 2.45) is 5.73 Å². The molecule has 21 heavy (non-hydrogen) atoms. The van der Waals surface area contributed by atoms with Gasteiger partial charge in [0, 0.05) is 16.9 Å². The third-order valence-electron chi connectivity index (χ3n) is 3.12. The number of hydrogen-bond donors (Lipinski definition) is 1. The lowest BCUT2D eigenvalue weighted by molar-refractivity contribution is 0.413. The Balaban J connectivity index is 2.25. The van der Waals surface area contributed by atoms with Crippen LogP contribution in [0, 0.1) is 0 Å². The van der Waals surface area contributed by atoms with E-state index in [9.17, 15) is 0 Å². The molecule has 0 aliphatic carbocycles. The normalized spacial score (nSPS) is 10.5. The number of hydrogen-bond acceptors (Lipinski definition) is 3. The SMILES string of the molecule is COc1ccc(Oc2cc(Cl)c(CCBr)c(CN)c2)cc1. The second-order valence-electron chi connectivity index (χ2n) is 4.46. The highest BCUT2D eigenvalue weighted by Crippen LogP contribution is 2.31. The number of rotatable bonds is 6. The number of nitrogens with two attached hydrogens (primary N) is 1. The summed E-state index contributed by atoms with van der Waals surface area (Å²) >= 11 is 9.76. The molecular weight excluding hydrogens is 354 g/mol. The van der Waals surface area contributed by atoms with Crippen LogP contribution in [0.4, 0.5) is 0 Å². The molecule has 0 bridgehead atoms. The first kappa shape index (κ1) is 16.1. The Morgan fingerprint density at radius 3 is 2.33 bits per heavy atom. The minimum Gasteiger partial charge on any atom is -0.497 e. The van der Waals surface area contributed by atoms with Crippen molar-refractivity contribution in [3.63, 3.8) is 0 Å². The zero-order valence-electron chi connectivity index (χ0n) is 11.7. The smallest absolute Gasteiger partial charge is 0.129 e.